The van der Waals surface area contributed by atoms with E-state index in [-0.39, 0.29) is 5.83 Å². The summed E-state index contributed by atoms with van der Waals surface area (Å²) >= 11 is 0. The maximum absolute atomic E-state index is 13.1. The van der Waals surface area contributed by atoms with Crippen LogP contribution in [-0.4, -0.2) is 15.1 Å². The molecule has 3 nitrogen and oxygen atoms in total. The lowest BCUT2D eigenvalue weighted by Gasteiger charge is -2.10. The van der Waals surface area contributed by atoms with Crippen LogP contribution in [0, 0.1) is 0 Å². The van der Waals surface area contributed by atoms with Gasteiger partial charge in [-0.15, -0.1) is 0 Å². The molecule has 4 heteroatoms. The number of aromatic amines is 1. The number of imidazole rings is 1. The first-order chi connectivity index (χ1) is 7.27. The summed E-state index contributed by atoms with van der Waals surface area (Å²) in [7, 11) is 0. The lowest BCUT2D eigenvalue weighted by Crippen LogP contribution is -2.01. The topological polar surface area (TPSA) is 48.9 Å². The third kappa shape index (κ3) is 2.22. The number of halogens is 1. The Morgan fingerprint density at radius 2 is 2.40 bits per heavy atom. The highest BCUT2D eigenvalue weighted by Gasteiger charge is 2.14. The van der Waals surface area contributed by atoms with E-state index in [1.54, 1.807) is 12.2 Å². The van der Waals surface area contributed by atoms with Gasteiger partial charge >= 0.3 is 0 Å². The van der Waals surface area contributed by atoms with Crippen molar-refractivity contribution in [3.63, 3.8) is 0 Å². The lowest BCUT2D eigenvalue weighted by molar-refractivity contribution is 0.208. The summed E-state index contributed by atoms with van der Waals surface area (Å²) in [6.45, 7) is 0. The summed E-state index contributed by atoms with van der Waals surface area (Å²) in [6, 6.07) is 0. The molecule has 1 unspecified atom stereocenters. The van der Waals surface area contributed by atoms with E-state index in [1.807, 2.05) is 0 Å². The molecule has 15 heavy (non-hydrogen) atoms. The summed E-state index contributed by atoms with van der Waals surface area (Å²) in [5.74, 6) is -0.350. The van der Waals surface area contributed by atoms with Gasteiger partial charge in [0.2, 0.25) is 0 Å². The number of allylic oxidation sites excluding steroid dienone is 5. The Labute approximate surface area is 86.7 Å². The number of hydrogen-bond donors (Lipinski definition) is 2. The van der Waals surface area contributed by atoms with Crippen molar-refractivity contribution in [1.29, 1.82) is 0 Å². The zero-order valence-corrected chi connectivity index (χ0v) is 8.02. The molecule has 0 radical (unpaired) electrons. The molecule has 0 aromatic carbocycles. The second-order valence-electron chi connectivity index (χ2n) is 3.31. The van der Waals surface area contributed by atoms with Crippen molar-refractivity contribution in [3.8, 4) is 0 Å². The van der Waals surface area contributed by atoms with Gasteiger partial charge in [-0.25, -0.2) is 9.37 Å². The molecule has 0 fully saturated rings. The number of H-pyrrole nitrogens is 1. The van der Waals surface area contributed by atoms with Crippen molar-refractivity contribution in [3.05, 3.63) is 53.9 Å². The minimum Gasteiger partial charge on any atom is -0.382 e. The predicted octanol–water partition coefficient (Wildman–Crippen LogP) is 2.18. The normalized spacial score (nSPS) is 18.0. The van der Waals surface area contributed by atoms with Gasteiger partial charge in [0.05, 0.1) is 18.2 Å². The summed E-state index contributed by atoms with van der Waals surface area (Å²) in [5, 5.41) is 9.91. The minimum atomic E-state index is -0.825. The van der Waals surface area contributed by atoms with Crippen LogP contribution in [0.5, 0.6) is 0 Å². The standard InChI is InChI=1S/C11H11FN2O/c12-9-4-2-1-3-8(5-9)11(15)10-6-13-7-14-10/h1-2,4-7,11,15H,3H2,(H,13,14). The van der Waals surface area contributed by atoms with Crippen molar-refractivity contribution in [2.75, 3.05) is 0 Å². The number of aliphatic hydroxyl groups is 1. The molecule has 0 bridgehead atoms. The SMILES string of the molecule is OC(C1=CC(F)=CC=CC1)c1cnc[nH]1. The number of aliphatic hydroxyl groups excluding tert-OH is 1. The number of nitrogens with zero attached hydrogens (tertiary/aromatic N) is 1. The fraction of sp³-hybridized carbons (Fsp3) is 0.182. The van der Waals surface area contributed by atoms with E-state index in [9.17, 15) is 9.50 Å². The first-order valence-corrected chi connectivity index (χ1v) is 4.66. The number of aromatic nitrogens is 2. The van der Waals surface area contributed by atoms with Gasteiger partial charge in [0.15, 0.2) is 0 Å². The predicted molar refractivity (Wildman–Crippen MR) is 54.6 cm³/mol. The molecule has 1 aliphatic rings. The van der Waals surface area contributed by atoms with Gasteiger partial charge in [-0.1, -0.05) is 12.2 Å². The van der Waals surface area contributed by atoms with E-state index in [4.69, 9.17) is 0 Å². The van der Waals surface area contributed by atoms with Gasteiger partial charge in [-0.2, -0.15) is 0 Å². The van der Waals surface area contributed by atoms with Crippen LogP contribution >= 0.6 is 0 Å². The van der Waals surface area contributed by atoms with E-state index in [1.165, 1.54) is 24.7 Å². The third-order valence-corrected chi connectivity index (χ3v) is 2.23. The molecular weight excluding hydrogens is 195 g/mol. The fourth-order valence-electron chi connectivity index (χ4n) is 1.45. The fourth-order valence-corrected chi connectivity index (χ4v) is 1.45. The second kappa shape index (κ2) is 4.23. The quantitative estimate of drug-likeness (QED) is 0.779. The largest absolute Gasteiger partial charge is 0.382 e. The molecule has 0 spiro atoms. The van der Waals surface area contributed by atoms with Crippen molar-refractivity contribution < 1.29 is 9.50 Å². The maximum atomic E-state index is 13.1. The summed E-state index contributed by atoms with van der Waals surface area (Å²) in [6.07, 6.45) is 8.88. The van der Waals surface area contributed by atoms with Crippen molar-refractivity contribution in [2.45, 2.75) is 12.5 Å². The van der Waals surface area contributed by atoms with Crippen LogP contribution in [0.2, 0.25) is 0 Å². The van der Waals surface area contributed by atoms with E-state index in [2.05, 4.69) is 9.97 Å². The Hall–Kier alpha value is -1.68. The highest BCUT2D eigenvalue weighted by Crippen LogP contribution is 2.25. The molecule has 1 aromatic heterocycles. The molecule has 2 rings (SSSR count). The Morgan fingerprint density at radius 1 is 1.53 bits per heavy atom. The first-order valence-electron chi connectivity index (χ1n) is 4.66. The Morgan fingerprint density at radius 3 is 3.13 bits per heavy atom. The smallest absolute Gasteiger partial charge is 0.123 e. The Balaban J connectivity index is 2.24. The molecule has 0 saturated heterocycles. The van der Waals surface area contributed by atoms with Crippen molar-refractivity contribution in [1.82, 2.24) is 9.97 Å². The molecule has 0 amide bonds. The molecule has 78 valence electrons. The summed E-state index contributed by atoms with van der Waals surface area (Å²) < 4.78 is 13.1. The van der Waals surface area contributed by atoms with E-state index in [0.29, 0.717) is 17.7 Å². The van der Waals surface area contributed by atoms with Gasteiger partial charge in [-0.3, -0.25) is 0 Å². The van der Waals surface area contributed by atoms with Gasteiger partial charge in [0.1, 0.15) is 11.9 Å². The number of nitrogens with one attached hydrogen (secondary N) is 1. The van der Waals surface area contributed by atoms with E-state index in [0.717, 1.165) is 0 Å². The van der Waals surface area contributed by atoms with Gasteiger partial charge in [0, 0.05) is 0 Å². The molecular formula is C11H11FN2O. The molecule has 2 N–H and O–H groups in total. The van der Waals surface area contributed by atoms with Crippen molar-refractivity contribution in [2.24, 2.45) is 0 Å². The van der Waals surface area contributed by atoms with E-state index >= 15 is 0 Å². The average Bonchev–Trinajstić information content (AvgIpc) is 2.67. The van der Waals surface area contributed by atoms with Crippen LogP contribution in [0.25, 0.3) is 0 Å². The first kappa shape index (κ1) is 9.86. The monoisotopic (exact) mass is 206 g/mol. The molecule has 0 saturated carbocycles. The third-order valence-electron chi connectivity index (χ3n) is 2.23. The molecule has 1 atom stereocenters. The van der Waals surface area contributed by atoms with Gasteiger partial charge in [0.25, 0.3) is 0 Å². The van der Waals surface area contributed by atoms with Crippen LogP contribution in [0.4, 0.5) is 4.39 Å². The summed E-state index contributed by atoms with van der Waals surface area (Å²) in [5.41, 5.74) is 1.19. The van der Waals surface area contributed by atoms with Crippen molar-refractivity contribution >= 4 is 0 Å². The Bertz CT molecular complexity index is 418. The van der Waals surface area contributed by atoms with Gasteiger partial charge in [-0.05, 0) is 24.1 Å². The van der Waals surface area contributed by atoms with E-state index < -0.39 is 6.10 Å². The van der Waals surface area contributed by atoms with Crippen LogP contribution in [0.3, 0.4) is 0 Å². The highest BCUT2D eigenvalue weighted by molar-refractivity contribution is 5.31. The minimum absolute atomic E-state index is 0.350. The second-order valence-corrected chi connectivity index (χ2v) is 3.31. The zero-order chi connectivity index (χ0) is 10.7. The Kier molecular flexibility index (Phi) is 2.78. The van der Waals surface area contributed by atoms with Crippen LogP contribution < -0.4 is 0 Å². The molecule has 1 aromatic rings. The molecule has 0 aliphatic heterocycles. The highest BCUT2D eigenvalue weighted by atomic mass is 19.1. The van der Waals surface area contributed by atoms with Crippen LogP contribution in [0.1, 0.15) is 18.2 Å². The average molecular weight is 206 g/mol. The summed E-state index contributed by atoms with van der Waals surface area (Å²) in [4.78, 5) is 6.61. The maximum Gasteiger partial charge on any atom is 0.123 e. The van der Waals surface area contributed by atoms with Gasteiger partial charge < -0.3 is 10.1 Å². The zero-order valence-electron chi connectivity index (χ0n) is 8.02. The number of hydrogen-bond acceptors (Lipinski definition) is 2. The molecule has 1 aliphatic carbocycles. The lowest BCUT2D eigenvalue weighted by atomic mass is 10.0. The molecule has 1 heterocycles. The van der Waals surface area contributed by atoms with Crippen LogP contribution in [0.15, 0.2) is 48.2 Å². The number of rotatable bonds is 2. The van der Waals surface area contributed by atoms with Crippen LogP contribution in [-0.2, 0) is 0 Å².